The number of amides is 1. The van der Waals surface area contributed by atoms with E-state index in [1.165, 1.54) is 17.2 Å². The minimum absolute atomic E-state index is 0.0695. The van der Waals surface area contributed by atoms with Gasteiger partial charge in [-0.05, 0) is 41.3 Å². The molecule has 1 aliphatic heterocycles. The third-order valence-electron chi connectivity index (χ3n) is 6.30. The summed E-state index contributed by atoms with van der Waals surface area (Å²) in [5, 5.41) is 0. The second kappa shape index (κ2) is 8.23. The Kier molecular flexibility index (Phi) is 5.25. The van der Waals surface area contributed by atoms with Gasteiger partial charge in [0.1, 0.15) is 11.6 Å². The number of fused-ring (bicyclic) bond motifs is 1. The number of para-hydroxylation sites is 3. The van der Waals surface area contributed by atoms with E-state index in [4.69, 9.17) is 4.98 Å². The molecule has 0 aliphatic carbocycles. The molecule has 1 aliphatic rings. The first-order valence-electron chi connectivity index (χ1n) is 11.1. The molecule has 0 spiro atoms. The molecule has 4 aromatic rings. The molecule has 4 nitrogen and oxygen atoms in total. The van der Waals surface area contributed by atoms with E-state index in [-0.39, 0.29) is 17.6 Å². The molecule has 0 N–H and O–H groups in total. The molecule has 2 heterocycles. The number of carbonyl (C=O) groups excluding carboxylic acids is 1. The first kappa shape index (κ1) is 20.4. The fourth-order valence-corrected chi connectivity index (χ4v) is 4.55. The highest BCUT2D eigenvalue weighted by Crippen LogP contribution is 2.34. The third kappa shape index (κ3) is 3.68. The van der Waals surface area contributed by atoms with Crippen molar-refractivity contribution >= 4 is 22.6 Å². The number of imidazole rings is 1. The van der Waals surface area contributed by atoms with Gasteiger partial charge in [0.05, 0.1) is 16.7 Å². The Morgan fingerprint density at radius 1 is 1.00 bits per heavy atom. The molecule has 5 rings (SSSR count). The van der Waals surface area contributed by atoms with Gasteiger partial charge in [-0.15, -0.1) is 0 Å². The van der Waals surface area contributed by atoms with E-state index in [1.54, 1.807) is 23.1 Å². The summed E-state index contributed by atoms with van der Waals surface area (Å²) in [4.78, 5) is 19.3. The van der Waals surface area contributed by atoms with Crippen molar-refractivity contribution in [2.75, 3.05) is 11.4 Å². The Bertz CT molecular complexity index is 1280. The second-order valence-electron chi connectivity index (χ2n) is 8.80. The maximum atomic E-state index is 14.4. The van der Waals surface area contributed by atoms with Crippen LogP contribution < -0.4 is 4.90 Å². The number of nitrogens with zero attached hydrogens (tertiary/aromatic N) is 3. The summed E-state index contributed by atoms with van der Waals surface area (Å²) in [5.41, 5.74) is 4.80. The van der Waals surface area contributed by atoms with Gasteiger partial charge in [-0.2, -0.15) is 0 Å². The standard InChI is InChI=1S/C27H26FN3O/c1-18(2)20-13-11-19(12-14-20)16-31-25-10-6-4-8-23(25)29-27(31)21-15-26(32)30(17-21)24-9-5-3-7-22(24)28/h3-14,18,21H,15-17H2,1-2H3/t21-/m0/s1. The quantitative estimate of drug-likeness (QED) is 0.400. The Morgan fingerprint density at radius 3 is 2.47 bits per heavy atom. The van der Waals surface area contributed by atoms with Crippen LogP contribution in [-0.4, -0.2) is 22.0 Å². The molecule has 0 bridgehead atoms. The highest BCUT2D eigenvalue weighted by molar-refractivity contribution is 5.96. The molecule has 5 heteroatoms. The van der Waals surface area contributed by atoms with Crippen LogP contribution in [0.2, 0.25) is 0 Å². The topological polar surface area (TPSA) is 38.1 Å². The van der Waals surface area contributed by atoms with Crippen LogP contribution in [-0.2, 0) is 11.3 Å². The lowest BCUT2D eigenvalue weighted by molar-refractivity contribution is -0.117. The monoisotopic (exact) mass is 427 g/mol. The summed E-state index contributed by atoms with van der Waals surface area (Å²) >= 11 is 0. The lowest BCUT2D eigenvalue weighted by atomic mass is 10.0. The first-order valence-corrected chi connectivity index (χ1v) is 11.1. The fraction of sp³-hybridized carbons (Fsp3) is 0.259. The molecule has 1 aromatic heterocycles. The van der Waals surface area contributed by atoms with E-state index >= 15 is 0 Å². The van der Waals surface area contributed by atoms with Crippen LogP contribution in [0.15, 0.2) is 72.8 Å². The first-order chi connectivity index (χ1) is 15.5. The van der Waals surface area contributed by atoms with Crippen molar-refractivity contribution in [3.05, 3.63) is 95.6 Å². The van der Waals surface area contributed by atoms with E-state index in [2.05, 4.69) is 48.7 Å². The Hall–Kier alpha value is -3.47. The van der Waals surface area contributed by atoms with Crippen LogP contribution >= 0.6 is 0 Å². The summed E-state index contributed by atoms with van der Waals surface area (Å²) in [6.45, 7) is 5.48. The minimum atomic E-state index is -0.375. The normalized spacial score (nSPS) is 16.4. The molecule has 1 saturated heterocycles. The Morgan fingerprint density at radius 2 is 1.72 bits per heavy atom. The highest BCUT2D eigenvalue weighted by atomic mass is 19.1. The van der Waals surface area contributed by atoms with E-state index in [0.29, 0.717) is 31.1 Å². The van der Waals surface area contributed by atoms with Crippen molar-refractivity contribution in [2.45, 2.75) is 38.6 Å². The molecule has 0 saturated carbocycles. The van der Waals surface area contributed by atoms with Crippen LogP contribution in [0.1, 0.15) is 49.1 Å². The lowest BCUT2D eigenvalue weighted by Gasteiger charge is -2.18. The molecule has 0 unspecified atom stereocenters. The number of aromatic nitrogens is 2. The predicted octanol–water partition coefficient (Wildman–Crippen LogP) is 5.87. The number of hydrogen-bond acceptors (Lipinski definition) is 2. The fourth-order valence-electron chi connectivity index (χ4n) is 4.55. The second-order valence-corrected chi connectivity index (χ2v) is 8.80. The van der Waals surface area contributed by atoms with Crippen molar-refractivity contribution in [1.82, 2.24) is 9.55 Å². The molecule has 1 atom stereocenters. The van der Waals surface area contributed by atoms with Crippen LogP contribution in [0.25, 0.3) is 11.0 Å². The number of rotatable bonds is 5. The summed E-state index contributed by atoms with van der Waals surface area (Å²) in [6.07, 6.45) is 0.323. The number of benzene rings is 3. The summed E-state index contributed by atoms with van der Waals surface area (Å²) in [7, 11) is 0. The van der Waals surface area contributed by atoms with E-state index < -0.39 is 0 Å². The van der Waals surface area contributed by atoms with Crippen molar-refractivity contribution in [1.29, 1.82) is 0 Å². The maximum absolute atomic E-state index is 14.4. The molecule has 1 fully saturated rings. The van der Waals surface area contributed by atoms with Crippen LogP contribution in [0.3, 0.4) is 0 Å². The molecule has 32 heavy (non-hydrogen) atoms. The minimum Gasteiger partial charge on any atom is -0.323 e. The van der Waals surface area contributed by atoms with Crippen LogP contribution in [0.5, 0.6) is 0 Å². The summed E-state index contributed by atoms with van der Waals surface area (Å²) in [5.74, 6) is 0.832. The van der Waals surface area contributed by atoms with Gasteiger partial charge in [-0.1, -0.05) is 62.4 Å². The zero-order chi connectivity index (χ0) is 22.2. The van der Waals surface area contributed by atoms with Gasteiger partial charge in [-0.25, -0.2) is 9.37 Å². The summed E-state index contributed by atoms with van der Waals surface area (Å²) < 4.78 is 16.6. The van der Waals surface area contributed by atoms with Crippen molar-refractivity contribution in [3.63, 3.8) is 0 Å². The van der Waals surface area contributed by atoms with Gasteiger partial charge in [0.2, 0.25) is 5.91 Å². The van der Waals surface area contributed by atoms with Gasteiger partial charge in [0.15, 0.2) is 0 Å². The van der Waals surface area contributed by atoms with E-state index in [9.17, 15) is 9.18 Å². The number of carbonyl (C=O) groups is 1. The van der Waals surface area contributed by atoms with Gasteiger partial charge in [-0.3, -0.25) is 4.79 Å². The summed E-state index contributed by atoms with van der Waals surface area (Å²) in [6, 6.07) is 23.2. The van der Waals surface area contributed by atoms with Gasteiger partial charge in [0.25, 0.3) is 0 Å². The molecule has 162 valence electrons. The zero-order valence-electron chi connectivity index (χ0n) is 18.3. The van der Waals surface area contributed by atoms with E-state index in [0.717, 1.165) is 16.9 Å². The van der Waals surface area contributed by atoms with E-state index in [1.807, 2.05) is 18.2 Å². The average molecular weight is 428 g/mol. The van der Waals surface area contributed by atoms with Crippen LogP contribution in [0.4, 0.5) is 10.1 Å². The van der Waals surface area contributed by atoms with Gasteiger partial charge in [0, 0.05) is 25.4 Å². The molecule has 3 aromatic carbocycles. The van der Waals surface area contributed by atoms with Gasteiger partial charge >= 0.3 is 0 Å². The van der Waals surface area contributed by atoms with Gasteiger partial charge < -0.3 is 9.47 Å². The van der Waals surface area contributed by atoms with Crippen molar-refractivity contribution < 1.29 is 9.18 Å². The Labute approximate surface area is 187 Å². The Balaban J connectivity index is 1.50. The third-order valence-corrected chi connectivity index (χ3v) is 6.30. The predicted molar refractivity (Wildman–Crippen MR) is 125 cm³/mol. The average Bonchev–Trinajstić information content (AvgIpc) is 3.35. The zero-order valence-corrected chi connectivity index (χ0v) is 18.3. The van der Waals surface area contributed by atoms with Crippen molar-refractivity contribution in [2.24, 2.45) is 0 Å². The maximum Gasteiger partial charge on any atom is 0.227 e. The molecular formula is C27H26FN3O. The van der Waals surface area contributed by atoms with Crippen molar-refractivity contribution in [3.8, 4) is 0 Å². The molecule has 0 radical (unpaired) electrons. The molecule has 1 amide bonds. The largest absolute Gasteiger partial charge is 0.323 e. The van der Waals surface area contributed by atoms with Crippen LogP contribution in [0, 0.1) is 5.82 Å². The SMILES string of the molecule is CC(C)c1ccc(Cn2c([C@H]3CC(=O)N(c4ccccc4F)C3)nc3ccccc32)cc1. The number of anilines is 1. The molecular weight excluding hydrogens is 401 g/mol. The smallest absolute Gasteiger partial charge is 0.227 e. The number of halogens is 1. The lowest BCUT2D eigenvalue weighted by Crippen LogP contribution is -2.25. The number of hydrogen-bond donors (Lipinski definition) is 0. The highest BCUT2D eigenvalue weighted by Gasteiger charge is 2.35.